The molecule has 4 rings (SSSR count). The zero-order valence-corrected chi connectivity index (χ0v) is 22.2. The Morgan fingerprint density at radius 3 is 2.21 bits per heavy atom. The third kappa shape index (κ3) is 9.14. The standard InChI is InChI=1S/C26H36ClN3O2S.ClH/c27-25-7-5-6-24(20-25)23-10-8-22(9-11-23)21-30-17-15-29(16-18-30)14-3-1-2-4-19-33(31,32)28-26-12-13-26;/h5-11,20,26,28H,1-4,12-19,21H2;1H. The summed E-state index contributed by atoms with van der Waals surface area (Å²) in [5, 5.41) is 0.767. The van der Waals surface area contributed by atoms with Crippen molar-refractivity contribution in [3.05, 3.63) is 59.1 Å². The average molecular weight is 527 g/mol. The van der Waals surface area contributed by atoms with Gasteiger partial charge in [-0.05, 0) is 61.1 Å². The van der Waals surface area contributed by atoms with E-state index in [0.717, 1.165) is 88.4 Å². The average Bonchev–Trinajstić information content (AvgIpc) is 3.61. The van der Waals surface area contributed by atoms with Crippen LogP contribution in [0.2, 0.25) is 5.02 Å². The Kier molecular flexibility index (Phi) is 10.7. The van der Waals surface area contributed by atoms with Gasteiger partial charge in [0.1, 0.15) is 0 Å². The van der Waals surface area contributed by atoms with Gasteiger partial charge in [-0.15, -0.1) is 12.4 Å². The topological polar surface area (TPSA) is 52.7 Å². The normalized spacial score (nSPS) is 17.4. The number of sulfonamides is 1. The fourth-order valence-electron chi connectivity index (χ4n) is 4.39. The SMILES string of the molecule is Cl.O=S(=O)(CCCCCCN1CCN(Cc2ccc(-c3cccc(Cl)c3)cc2)CC1)NC1CC1. The van der Waals surface area contributed by atoms with Gasteiger partial charge in [0, 0.05) is 43.8 Å². The molecule has 188 valence electrons. The van der Waals surface area contributed by atoms with E-state index in [9.17, 15) is 8.42 Å². The summed E-state index contributed by atoms with van der Waals surface area (Å²) < 4.78 is 26.5. The molecule has 1 N–H and O–H groups in total. The maximum atomic E-state index is 11.9. The van der Waals surface area contributed by atoms with E-state index in [1.165, 1.54) is 11.1 Å². The highest BCUT2D eigenvalue weighted by molar-refractivity contribution is 7.89. The highest BCUT2D eigenvalue weighted by atomic mass is 35.5. The molecule has 8 heteroatoms. The molecule has 1 heterocycles. The van der Waals surface area contributed by atoms with Crippen molar-refractivity contribution in [2.45, 2.75) is 51.1 Å². The van der Waals surface area contributed by atoms with E-state index >= 15 is 0 Å². The first-order chi connectivity index (χ1) is 16.0. The van der Waals surface area contributed by atoms with Gasteiger partial charge in [-0.2, -0.15) is 0 Å². The Morgan fingerprint density at radius 1 is 0.853 bits per heavy atom. The van der Waals surface area contributed by atoms with Gasteiger partial charge in [-0.3, -0.25) is 4.90 Å². The van der Waals surface area contributed by atoms with Crippen LogP contribution in [0.4, 0.5) is 0 Å². The maximum absolute atomic E-state index is 11.9. The van der Waals surface area contributed by atoms with Crippen molar-refractivity contribution >= 4 is 34.0 Å². The molecule has 1 saturated heterocycles. The highest BCUT2D eigenvalue weighted by Crippen LogP contribution is 2.23. The minimum Gasteiger partial charge on any atom is -0.301 e. The Morgan fingerprint density at radius 2 is 1.53 bits per heavy atom. The number of hydrogen-bond acceptors (Lipinski definition) is 4. The number of benzene rings is 2. The summed E-state index contributed by atoms with van der Waals surface area (Å²) in [5.74, 6) is 0.280. The smallest absolute Gasteiger partial charge is 0.211 e. The number of piperazine rings is 1. The first kappa shape index (κ1) is 27.4. The quantitative estimate of drug-likeness (QED) is 0.387. The molecule has 2 aliphatic rings. The molecule has 34 heavy (non-hydrogen) atoms. The zero-order valence-electron chi connectivity index (χ0n) is 19.8. The third-order valence-electron chi connectivity index (χ3n) is 6.54. The predicted octanol–water partition coefficient (Wildman–Crippen LogP) is 5.19. The maximum Gasteiger partial charge on any atom is 0.211 e. The van der Waals surface area contributed by atoms with Crippen LogP contribution in [0.1, 0.15) is 44.1 Å². The van der Waals surface area contributed by atoms with Gasteiger partial charge in [0.15, 0.2) is 0 Å². The first-order valence-corrected chi connectivity index (χ1v) is 14.3. The molecule has 2 aromatic carbocycles. The Bertz CT molecular complexity index is 989. The van der Waals surface area contributed by atoms with Gasteiger partial charge in [-0.25, -0.2) is 13.1 Å². The van der Waals surface area contributed by atoms with Crippen molar-refractivity contribution in [1.82, 2.24) is 14.5 Å². The summed E-state index contributed by atoms with van der Waals surface area (Å²) in [7, 11) is -3.05. The predicted molar refractivity (Wildman–Crippen MR) is 144 cm³/mol. The van der Waals surface area contributed by atoms with Gasteiger partial charge in [0.25, 0.3) is 0 Å². The van der Waals surface area contributed by atoms with E-state index in [0.29, 0.717) is 0 Å². The van der Waals surface area contributed by atoms with Crippen LogP contribution in [-0.4, -0.2) is 62.7 Å². The molecule has 0 aromatic heterocycles. The van der Waals surface area contributed by atoms with Crippen LogP contribution in [0, 0.1) is 0 Å². The van der Waals surface area contributed by atoms with Crippen molar-refractivity contribution in [2.24, 2.45) is 0 Å². The second-order valence-electron chi connectivity index (χ2n) is 9.45. The lowest BCUT2D eigenvalue weighted by Gasteiger charge is -2.34. The van der Waals surface area contributed by atoms with Crippen molar-refractivity contribution in [1.29, 1.82) is 0 Å². The summed E-state index contributed by atoms with van der Waals surface area (Å²) in [6.45, 7) is 6.53. The fourth-order valence-corrected chi connectivity index (χ4v) is 6.03. The molecular weight excluding hydrogens is 489 g/mol. The van der Waals surface area contributed by atoms with Crippen LogP contribution in [0.25, 0.3) is 11.1 Å². The molecule has 1 aliphatic heterocycles. The van der Waals surface area contributed by atoms with Gasteiger partial charge in [0.2, 0.25) is 10.0 Å². The van der Waals surface area contributed by atoms with Gasteiger partial charge in [0.05, 0.1) is 5.75 Å². The van der Waals surface area contributed by atoms with Crippen molar-refractivity contribution in [3.8, 4) is 11.1 Å². The number of nitrogens with zero attached hydrogens (tertiary/aromatic N) is 2. The van der Waals surface area contributed by atoms with E-state index in [1.54, 1.807) is 0 Å². The molecule has 1 saturated carbocycles. The van der Waals surface area contributed by atoms with Crippen LogP contribution in [-0.2, 0) is 16.6 Å². The van der Waals surface area contributed by atoms with E-state index in [4.69, 9.17) is 11.6 Å². The molecule has 0 bridgehead atoms. The Balaban J connectivity index is 0.00000324. The van der Waals surface area contributed by atoms with Crippen molar-refractivity contribution < 1.29 is 8.42 Å². The number of halogens is 2. The summed E-state index contributed by atoms with van der Waals surface area (Å²) in [6, 6.07) is 17.0. The monoisotopic (exact) mass is 525 g/mol. The Labute approximate surface area is 216 Å². The molecule has 0 unspecified atom stereocenters. The highest BCUT2D eigenvalue weighted by Gasteiger charge is 2.26. The Hall–Kier alpha value is -1.15. The second-order valence-corrected chi connectivity index (χ2v) is 11.8. The van der Waals surface area contributed by atoms with E-state index in [2.05, 4.69) is 44.9 Å². The molecule has 0 atom stereocenters. The number of nitrogens with one attached hydrogen (secondary N) is 1. The summed E-state index contributed by atoms with van der Waals surface area (Å²) >= 11 is 6.12. The van der Waals surface area contributed by atoms with Crippen LogP contribution in [0.15, 0.2) is 48.5 Å². The van der Waals surface area contributed by atoms with Crippen LogP contribution >= 0.6 is 24.0 Å². The van der Waals surface area contributed by atoms with E-state index < -0.39 is 10.0 Å². The second kappa shape index (κ2) is 13.2. The van der Waals surface area contributed by atoms with Gasteiger partial charge < -0.3 is 4.90 Å². The van der Waals surface area contributed by atoms with Gasteiger partial charge in [-0.1, -0.05) is 60.8 Å². The van der Waals surface area contributed by atoms with E-state index in [1.807, 2.05) is 18.2 Å². The summed E-state index contributed by atoms with van der Waals surface area (Å²) in [6.07, 6.45) is 6.04. The number of unbranched alkanes of at least 4 members (excludes halogenated alkanes) is 3. The lowest BCUT2D eigenvalue weighted by Crippen LogP contribution is -2.46. The summed E-state index contributed by atoms with van der Waals surface area (Å²) in [5.41, 5.74) is 3.70. The summed E-state index contributed by atoms with van der Waals surface area (Å²) in [4.78, 5) is 5.08. The fraction of sp³-hybridized carbons (Fsp3) is 0.538. The van der Waals surface area contributed by atoms with Crippen LogP contribution in [0.5, 0.6) is 0 Å². The molecule has 1 aliphatic carbocycles. The molecule has 0 spiro atoms. The minimum absolute atomic E-state index is 0. The first-order valence-electron chi connectivity index (χ1n) is 12.3. The van der Waals surface area contributed by atoms with Crippen molar-refractivity contribution in [3.63, 3.8) is 0 Å². The molecule has 2 aromatic rings. The largest absolute Gasteiger partial charge is 0.301 e. The lowest BCUT2D eigenvalue weighted by molar-refractivity contribution is 0.125. The third-order valence-corrected chi connectivity index (χ3v) is 8.30. The molecule has 5 nitrogen and oxygen atoms in total. The van der Waals surface area contributed by atoms with Crippen molar-refractivity contribution in [2.75, 3.05) is 38.5 Å². The van der Waals surface area contributed by atoms with Gasteiger partial charge >= 0.3 is 0 Å². The van der Waals surface area contributed by atoms with Crippen LogP contribution < -0.4 is 4.72 Å². The number of rotatable bonds is 12. The minimum atomic E-state index is -3.05. The zero-order chi connectivity index (χ0) is 23.1. The molecule has 2 fully saturated rings. The van der Waals surface area contributed by atoms with E-state index in [-0.39, 0.29) is 24.2 Å². The molecule has 0 amide bonds. The molecular formula is C26H37Cl2N3O2S. The number of hydrogen-bond donors (Lipinski definition) is 1. The van der Waals surface area contributed by atoms with Crippen LogP contribution in [0.3, 0.4) is 0 Å². The lowest BCUT2D eigenvalue weighted by atomic mass is 10.0. The molecule has 0 radical (unpaired) electrons.